The van der Waals surface area contributed by atoms with Crippen LogP contribution in [0.1, 0.15) is 39.4 Å². The van der Waals surface area contributed by atoms with Crippen molar-refractivity contribution in [3.63, 3.8) is 0 Å². The molecule has 0 aliphatic carbocycles. The van der Waals surface area contributed by atoms with Crippen molar-refractivity contribution in [3.05, 3.63) is 29.6 Å². The molecule has 1 aromatic carbocycles. The van der Waals surface area contributed by atoms with Gasteiger partial charge in [0.15, 0.2) is 0 Å². The highest BCUT2D eigenvalue weighted by Crippen LogP contribution is 2.29. The van der Waals surface area contributed by atoms with E-state index < -0.39 is 6.10 Å². The number of rotatable bonds is 5. The van der Waals surface area contributed by atoms with E-state index in [2.05, 4.69) is 13.8 Å². The average Bonchev–Trinajstić information content (AvgIpc) is 2.25. The van der Waals surface area contributed by atoms with Gasteiger partial charge >= 0.3 is 0 Å². The molecule has 1 atom stereocenters. The van der Waals surface area contributed by atoms with Crippen molar-refractivity contribution in [1.29, 1.82) is 0 Å². The van der Waals surface area contributed by atoms with Crippen LogP contribution in [0.2, 0.25) is 0 Å². The van der Waals surface area contributed by atoms with Crippen molar-refractivity contribution in [3.8, 4) is 0 Å². The zero-order valence-electron chi connectivity index (χ0n) is 11.1. The SMILES string of the molecule is CCN(CC(C)C)c1c(F)cccc1[C@H](C)O. The van der Waals surface area contributed by atoms with Crippen molar-refractivity contribution < 1.29 is 9.50 Å². The van der Waals surface area contributed by atoms with Crippen LogP contribution in [-0.2, 0) is 0 Å². The third-order valence-electron chi connectivity index (χ3n) is 2.75. The Bertz CT molecular complexity index is 363. The lowest BCUT2D eigenvalue weighted by Crippen LogP contribution is -2.29. The predicted molar refractivity (Wildman–Crippen MR) is 69.8 cm³/mol. The summed E-state index contributed by atoms with van der Waals surface area (Å²) < 4.78 is 13.9. The van der Waals surface area contributed by atoms with Crippen molar-refractivity contribution >= 4 is 5.69 Å². The highest BCUT2D eigenvalue weighted by atomic mass is 19.1. The minimum Gasteiger partial charge on any atom is -0.389 e. The van der Waals surface area contributed by atoms with Crippen LogP contribution in [0.15, 0.2) is 18.2 Å². The minimum absolute atomic E-state index is 0.258. The van der Waals surface area contributed by atoms with Crippen LogP contribution in [-0.4, -0.2) is 18.2 Å². The van der Waals surface area contributed by atoms with Crippen LogP contribution in [0.3, 0.4) is 0 Å². The third-order valence-corrected chi connectivity index (χ3v) is 2.75. The number of halogens is 1. The average molecular weight is 239 g/mol. The molecule has 0 amide bonds. The molecule has 0 aromatic heterocycles. The number of hydrogen-bond donors (Lipinski definition) is 1. The molecule has 3 heteroatoms. The fraction of sp³-hybridized carbons (Fsp3) is 0.571. The van der Waals surface area contributed by atoms with Gasteiger partial charge in [-0.1, -0.05) is 26.0 Å². The summed E-state index contributed by atoms with van der Waals surface area (Å²) in [5.74, 6) is 0.197. The molecule has 2 nitrogen and oxygen atoms in total. The molecule has 0 saturated carbocycles. The Morgan fingerprint density at radius 3 is 2.41 bits per heavy atom. The van der Waals surface area contributed by atoms with Crippen LogP contribution in [0, 0.1) is 11.7 Å². The summed E-state index contributed by atoms with van der Waals surface area (Å²) in [4.78, 5) is 1.99. The predicted octanol–water partition coefficient (Wildman–Crippen LogP) is 3.36. The second-order valence-corrected chi connectivity index (χ2v) is 4.79. The molecule has 0 aliphatic heterocycles. The first-order chi connectivity index (χ1) is 7.97. The first-order valence-corrected chi connectivity index (χ1v) is 6.18. The molecule has 1 rings (SSSR count). The van der Waals surface area contributed by atoms with Gasteiger partial charge < -0.3 is 10.0 Å². The van der Waals surface area contributed by atoms with E-state index in [4.69, 9.17) is 0 Å². The maximum Gasteiger partial charge on any atom is 0.146 e. The largest absolute Gasteiger partial charge is 0.389 e. The van der Waals surface area contributed by atoms with Crippen molar-refractivity contribution in [2.75, 3.05) is 18.0 Å². The second kappa shape index (κ2) is 6.01. The number of aliphatic hydroxyl groups is 1. The lowest BCUT2D eigenvalue weighted by Gasteiger charge is -2.28. The molecular weight excluding hydrogens is 217 g/mol. The fourth-order valence-corrected chi connectivity index (χ4v) is 2.02. The topological polar surface area (TPSA) is 23.5 Å². The van der Waals surface area contributed by atoms with Gasteiger partial charge in [-0.25, -0.2) is 4.39 Å². The van der Waals surface area contributed by atoms with E-state index in [9.17, 15) is 9.50 Å². The summed E-state index contributed by atoms with van der Waals surface area (Å²) in [6.45, 7) is 9.40. The van der Waals surface area contributed by atoms with E-state index in [-0.39, 0.29) is 5.82 Å². The standard InChI is InChI=1S/C14H22FNO/c1-5-16(9-10(2)3)14-12(11(4)17)7-6-8-13(14)15/h6-8,10-11,17H,5,9H2,1-4H3/t11-/m0/s1. The van der Waals surface area contributed by atoms with Crippen LogP contribution in [0.5, 0.6) is 0 Å². The number of benzene rings is 1. The number of anilines is 1. The molecule has 1 N–H and O–H groups in total. The summed E-state index contributed by atoms with van der Waals surface area (Å²) >= 11 is 0. The molecule has 1 aromatic rings. The van der Waals surface area contributed by atoms with Crippen LogP contribution < -0.4 is 4.90 Å². The molecule has 0 spiro atoms. The van der Waals surface area contributed by atoms with E-state index in [1.54, 1.807) is 19.1 Å². The highest BCUT2D eigenvalue weighted by molar-refractivity contribution is 5.55. The minimum atomic E-state index is -0.651. The Kier molecular flexibility index (Phi) is 4.94. The summed E-state index contributed by atoms with van der Waals surface area (Å²) in [7, 11) is 0. The molecule has 0 radical (unpaired) electrons. The van der Waals surface area contributed by atoms with Gasteiger partial charge in [-0.3, -0.25) is 0 Å². The molecule has 0 heterocycles. The van der Waals surface area contributed by atoms with Crippen molar-refractivity contribution in [1.82, 2.24) is 0 Å². The Labute approximate surface area is 103 Å². The Hall–Kier alpha value is -1.09. The summed E-state index contributed by atoms with van der Waals surface area (Å²) in [6.07, 6.45) is -0.651. The molecule has 0 aliphatic rings. The maximum absolute atomic E-state index is 13.9. The van der Waals surface area contributed by atoms with Gasteiger partial charge in [0.05, 0.1) is 11.8 Å². The lowest BCUT2D eigenvalue weighted by molar-refractivity contribution is 0.199. The normalized spacial score (nSPS) is 12.9. The van der Waals surface area contributed by atoms with E-state index in [1.807, 2.05) is 11.8 Å². The first-order valence-electron chi connectivity index (χ1n) is 6.18. The Balaban J connectivity index is 3.16. The van der Waals surface area contributed by atoms with Gasteiger partial charge in [0.25, 0.3) is 0 Å². The Morgan fingerprint density at radius 1 is 1.29 bits per heavy atom. The van der Waals surface area contributed by atoms with Gasteiger partial charge in [-0.15, -0.1) is 0 Å². The summed E-state index contributed by atoms with van der Waals surface area (Å²) in [6, 6.07) is 4.88. The fourth-order valence-electron chi connectivity index (χ4n) is 2.02. The number of nitrogens with zero attached hydrogens (tertiary/aromatic N) is 1. The van der Waals surface area contributed by atoms with Gasteiger partial charge in [0.1, 0.15) is 5.82 Å². The van der Waals surface area contributed by atoms with Gasteiger partial charge in [0.2, 0.25) is 0 Å². The second-order valence-electron chi connectivity index (χ2n) is 4.79. The number of para-hydroxylation sites is 1. The Morgan fingerprint density at radius 2 is 1.94 bits per heavy atom. The first kappa shape index (κ1) is 14.0. The third kappa shape index (κ3) is 3.43. The molecule has 96 valence electrons. The smallest absolute Gasteiger partial charge is 0.146 e. The van der Waals surface area contributed by atoms with Gasteiger partial charge in [0, 0.05) is 18.7 Å². The molecular formula is C14H22FNO. The van der Waals surface area contributed by atoms with Gasteiger partial charge in [-0.05, 0) is 25.8 Å². The number of aliphatic hydroxyl groups excluding tert-OH is 1. The van der Waals surface area contributed by atoms with E-state index in [1.165, 1.54) is 6.07 Å². The zero-order valence-corrected chi connectivity index (χ0v) is 11.1. The van der Waals surface area contributed by atoms with Gasteiger partial charge in [-0.2, -0.15) is 0 Å². The molecule has 0 bridgehead atoms. The summed E-state index contributed by atoms with van der Waals surface area (Å²) in [5.41, 5.74) is 1.20. The quantitative estimate of drug-likeness (QED) is 0.851. The van der Waals surface area contributed by atoms with E-state index in [0.717, 1.165) is 13.1 Å². The maximum atomic E-state index is 13.9. The highest BCUT2D eigenvalue weighted by Gasteiger charge is 2.18. The number of hydrogen-bond acceptors (Lipinski definition) is 2. The van der Waals surface area contributed by atoms with Crippen LogP contribution >= 0.6 is 0 Å². The van der Waals surface area contributed by atoms with Crippen LogP contribution in [0.25, 0.3) is 0 Å². The van der Waals surface area contributed by atoms with E-state index in [0.29, 0.717) is 17.2 Å². The monoisotopic (exact) mass is 239 g/mol. The van der Waals surface area contributed by atoms with Crippen LogP contribution in [0.4, 0.5) is 10.1 Å². The van der Waals surface area contributed by atoms with Crippen molar-refractivity contribution in [2.45, 2.75) is 33.8 Å². The molecule has 17 heavy (non-hydrogen) atoms. The molecule has 0 fully saturated rings. The lowest BCUT2D eigenvalue weighted by atomic mass is 10.1. The summed E-state index contributed by atoms with van der Waals surface area (Å²) in [5, 5.41) is 9.71. The molecule has 0 unspecified atom stereocenters. The van der Waals surface area contributed by atoms with Crippen molar-refractivity contribution in [2.24, 2.45) is 5.92 Å². The van der Waals surface area contributed by atoms with E-state index >= 15 is 0 Å². The zero-order chi connectivity index (χ0) is 13.0. The molecule has 0 saturated heterocycles.